The third-order valence-corrected chi connectivity index (χ3v) is 5.00. The summed E-state index contributed by atoms with van der Waals surface area (Å²) in [4.78, 5) is 18.6. The van der Waals surface area contributed by atoms with E-state index in [0.29, 0.717) is 11.4 Å². The fraction of sp³-hybridized carbons (Fsp3) is 0.857. The molecule has 2 fully saturated rings. The monoisotopic (exact) mass is 285 g/mol. The minimum atomic E-state index is 0.177. The second-order valence-corrected chi connectivity index (χ2v) is 6.30. The maximum Gasteiger partial charge on any atom is 0.272 e. The van der Waals surface area contributed by atoms with Crippen molar-refractivity contribution in [2.24, 2.45) is 5.92 Å². The van der Waals surface area contributed by atoms with Crippen LogP contribution in [0.1, 0.15) is 19.8 Å². The molecule has 2 rings (SSSR count). The molecule has 0 bridgehead atoms. The van der Waals surface area contributed by atoms with Crippen LogP contribution in [0.4, 0.5) is 4.79 Å². The lowest BCUT2D eigenvalue weighted by Gasteiger charge is -2.38. The van der Waals surface area contributed by atoms with Crippen LogP contribution in [0.25, 0.3) is 0 Å². The molecule has 0 aromatic rings. The normalized spacial score (nSPS) is 23.7. The lowest BCUT2D eigenvalue weighted by Crippen LogP contribution is -2.49. The van der Waals surface area contributed by atoms with Crippen molar-refractivity contribution < 1.29 is 4.79 Å². The summed E-state index contributed by atoms with van der Waals surface area (Å²) in [5, 5.41) is 0.177. The van der Waals surface area contributed by atoms with Gasteiger partial charge in [-0.1, -0.05) is 12.8 Å². The Kier molecular flexibility index (Phi) is 5.85. The van der Waals surface area contributed by atoms with E-state index in [9.17, 15) is 4.79 Å². The van der Waals surface area contributed by atoms with E-state index in [2.05, 4.69) is 22.6 Å². The molecule has 2 aliphatic rings. The lowest BCUT2D eigenvalue weighted by molar-refractivity contribution is 0.112. The van der Waals surface area contributed by atoms with Gasteiger partial charge in [-0.05, 0) is 38.4 Å². The van der Waals surface area contributed by atoms with Crippen molar-refractivity contribution in [3.8, 4) is 0 Å². The molecule has 0 aromatic carbocycles. The first-order valence-electron chi connectivity index (χ1n) is 7.43. The molecule has 4 nitrogen and oxygen atoms in total. The van der Waals surface area contributed by atoms with E-state index in [4.69, 9.17) is 0 Å². The van der Waals surface area contributed by atoms with Crippen LogP contribution in [0.2, 0.25) is 0 Å². The summed E-state index contributed by atoms with van der Waals surface area (Å²) in [6.07, 6.45) is 2.68. The van der Waals surface area contributed by atoms with Crippen molar-refractivity contribution in [1.29, 1.82) is 0 Å². The van der Waals surface area contributed by atoms with E-state index in [1.807, 2.05) is 4.90 Å². The number of nitrogens with zero attached hydrogens (tertiary/aromatic N) is 3. The Labute approximate surface area is 120 Å². The summed E-state index contributed by atoms with van der Waals surface area (Å²) in [5.74, 6) is 4.51. The topological polar surface area (TPSA) is 26.8 Å². The van der Waals surface area contributed by atoms with Gasteiger partial charge in [0.05, 0.1) is 0 Å². The highest BCUT2D eigenvalue weighted by molar-refractivity contribution is 8.10. The number of hydrogen-bond acceptors (Lipinski definition) is 3. The number of piperazine rings is 1. The minimum Gasteiger partial charge on any atom is -0.332 e. The van der Waals surface area contributed by atoms with Crippen LogP contribution in [-0.4, -0.2) is 78.2 Å². The molecule has 0 saturated carbocycles. The molecule has 2 saturated heterocycles. The van der Waals surface area contributed by atoms with Gasteiger partial charge in [0.1, 0.15) is 0 Å². The molecular weight excluding hydrogens is 258 g/mol. The molecule has 0 aromatic heterocycles. The third-order valence-electron chi connectivity index (χ3n) is 4.45. The van der Waals surface area contributed by atoms with Crippen LogP contribution in [-0.2, 0) is 0 Å². The molecule has 0 radical (unpaired) electrons. The average Bonchev–Trinajstić information content (AvgIpc) is 2.48. The van der Waals surface area contributed by atoms with E-state index < -0.39 is 0 Å². The number of carbonyl (C=O) groups excluding carboxylic acids is 1. The summed E-state index contributed by atoms with van der Waals surface area (Å²) in [5.41, 5.74) is 0. The Morgan fingerprint density at radius 3 is 2.26 bits per heavy atom. The number of likely N-dealkylation sites (tertiary alicyclic amines) is 1. The fourth-order valence-electron chi connectivity index (χ4n) is 3.07. The lowest BCUT2D eigenvalue weighted by atomic mass is 9.96. The smallest absolute Gasteiger partial charge is 0.272 e. The maximum absolute atomic E-state index is 11.6. The van der Waals surface area contributed by atoms with Gasteiger partial charge in [0.25, 0.3) is 5.24 Å². The van der Waals surface area contributed by atoms with Gasteiger partial charge in [-0.15, -0.1) is 11.4 Å². The molecular formula is C14H27N3OS. The molecule has 0 unspecified atom stereocenters. The molecule has 19 heavy (non-hydrogen) atoms. The van der Waals surface area contributed by atoms with Gasteiger partial charge in [0, 0.05) is 32.7 Å². The molecule has 0 N–H and O–H groups in total. The van der Waals surface area contributed by atoms with E-state index in [1.165, 1.54) is 39.0 Å². The van der Waals surface area contributed by atoms with Crippen LogP contribution in [0, 0.1) is 5.92 Å². The molecule has 1 amide bonds. The fourth-order valence-corrected chi connectivity index (χ4v) is 3.47. The predicted octanol–water partition coefficient (Wildman–Crippen LogP) is 1.35. The first-order chi connectivity index (χ1) is 9.22. The largest absolute Gasteiger partial charge is 0.332 e. The number of piperidine rings is 1. The van der Waals surface area contributed by atoms with Gasteiger partial charge in [-0.3, -0.25) is 9.69 Å². The van der Waals surface area contributed by atoms with Crippen LogP contribution < -0.4 is 0 Å². The Hall–Kier alpha value is -0.390. The number of hydrogen-bond donors (Lipinski definition) is 1. The van der Waals surface area contributed by atoms with E-state index in [1.54, 1.807) is 0 Å². The Morgan fingerprint density at radius 2 is 1.74 bits per heavy atom. The first-order valence-corrected chi connectivity index (χ1v) is 8.51. The van der Waals surface area contributed by atoms with Crippen LogP contribution in [0.5, 0.6) is 0 Å². The van der Waals surface area contributed by atoms with Crippen molar-refractivity contribution in [3.05, 3.63) is 0 Å². The summed E-state index contributed by atoms with van der Waals surface area (Å²) in [6.45, 7) is 11.0. The van der Waals surface area contributed by atoms with Crippen LogP contribution in [0.3, 0.4) is 0 Å². The average molecular weight is 285 g/mol. The van der Waals surface area contributed by atoms with Crippen LogP contribution in [0.15, 0.2) is 0 Å². The van der Waals surface area contributed by atoms with Gasteiger partial charge in [-0.2, -0.15) is 0 Å². The SMILES string of the molecule is C=[SH]C(=O)N1CCN(CC2CCN(CC)CC2)CC1. The van der Waals surface area contributed by atoms with Crippen LogP contribution >= 0.6 is 11.4 Å². The highest BCUT2D eigenvalue weighted by Gasteiger charge is 2.24. The second-order valence-electron chi connectivity index (χ2n) is 5.61. The van der Waals surface area contributed by atoms with E-state index >= 15 is 0 Å². The number of amides is 1. The Bertz CT molecular complexity index is 308. The standard InChI is InChI=1S/C14H27N3OS/c1-3-15-6-4-13(5-7-15)12-16-8-10-17(11-9-16)14(18)19-2/h13,19H,2-12H2,1H3. The zero-order valence-corrected chi connectivity index (χ0v) is 12.9. The van der Waals surface area contributed by atoms with E-state index in [0.717, 1.165) is 32.1 Å². The molecule has 5 heteroatoms. The van der Waals surface area contributed by atoms with Gasteiger partial charge >= 0.3 is 0 Å². The summed E-state index contributed by atoms with van der Waals surface area (Å²) in [7, 11) is 0. The first kappa shape index (κ1) is 15.0. The van der Waals surface area contributed by atoms with Crippen molar-refractivity contribution in [1.82, 2.24) is 14.7 Å². The highest BCUT2D eigenvalue weighted by Crippen LogP contribution is 2.19. The zero-order valence-electron chi connectivity index (χ0n) is 12.1. The molecule has 0 spiro atoms. The second kappa shape index (κ2) is 7.41. The third kappa shape index (κ3) is 4.29. The quantitative estimate of drug-likeness (QED) is 0.626. The highest BCUT2D eigenvalue weighted by atomic mass is 32.1. The molecule has 0 atom stereocenters. The van der Waals surface area contributed by atoms with Gasteiger partial charge in [0.2, 0.25) is 0 Å². The molecule has 2 heterocycles. The molecule has 110 valence electrons. The van der Waals surface area contributed by atoms with Crippen molar-refractivity contribution in [2.45, 2.75) is 19.8 Å². The summed E-state index contributed by atoms with van der Waals surface area (Å²) < 4.78 is 0. The number of thiol groups is 1. The van der Waals surface area contributed by atoms with E-state index in [-0.39, 0.29) is 5.24 Å². The van der Waals surface area contributed by atoms with Crippen molar-refractivity contribution >= 4 is 22.5 Å². The number of carbonyl (C=O) groups is 1. The molecule has 2 aliphatic heterocycles. The van der Waals surface area contributed by atoms with Gasteiger partial charge < -0.3 is 9.80 Å². The Morgan fingerprint density at radius 1 is 1.11 bits per heavy atom. The zero-order chi connectivity index (χ0) is 13.7. The minimum absolute atomic E-state index is 0.177. The molecule has 0 aliphatic carbocycles. The summed E-state index contributed by atoms with van der Waals surface area (Å²) in [6, 6.07) is 0. The predicted molar refractivity (Wildman–Crippen MR) is 84.4 cm³/mol. The van der Waals surface area contributed by atoms with Gasteiger partial charge in [0.15, 0.2) is 0 Å². The maximum atomic E-state index is 11.6. The Balaban J connectivity index is 1.68. The number of rotatable bonds is 3. The van der Waals surface area contributed by atoms with Crippen molar-refractivity contribution in [3.63, 3.8) is 0 Å². The van der Waals surface area contributed by atoms with Gasteiger partial charge in [-0.25, -0.2) is 0 Å². The van der Waals surface area contributed by atoms with Crippen molar-refractivity contribution in [2.75, 3.05) is 52.4 Å². The summed E-state index contributed by atoms with van der Waals surface area (Å²) >= 11 is 0.627.